The fourth-order valence-electron chi connectivity index (χ4n) is 2.54. The number of ether oxygens (including phenoxy) is 2. The fourth-order valence-corrected chi connectivity index (χ4v) is 2.66. The summed E-state index contributed by atoms with van der Waals surface area (Å²) in [6.07, 6.45) is -0.470. The van der Waals surface area contributed by atoms with Crippen molar-refractivity contribution in [2.75, 3.05) is 18.5 Å². The van der Waals surface area contributed by atoms with E-state index in [4.69, 9.17) is 21.1 Å². The quantitative estimate of drug-likeness (QED) is 0.525. The molecular weight excluding hydrogens is 434 g/mol. The van der Waals surface area contributed by atoms with Crippen molar-refractivity contribution >= 4 is 35.2 Å². The third-order valence-corrected chi connectivity index (χ3v) is 4.22. The van der Waals surface area contributed by atoms with Gasteiger partial charge in [0.25, 0.3) is 5.91 Å². The van der Waals surface area contributed by atoms with E-state index >= 15 is 0 Å². The number of hydrogen-bond acceptors (Lipinski definition) is 5. The average molecular weight is 462 g/mol. The summed E-state index contributed by atoms with van der Waals surface area (Å²) in [5.74, 6) is -0.0429. The minimum atomic E-state index is -0.597. The van der Waals surface area contributed by atoms with Crippen LogP contribution in [0.3, 0.4) is 0 Å². The number of carbonyl (C=O) groups excluding carboxylic acids is 3. The van der Waals surface area contributed by atoms with Gasteiger partial charge < -0.3 is 25.4 Å². The maximum absolute atomic E-state index is 12.2. The second-order valence-corrected chi connectivity index (χ2v) is 8.34. The van der Waals surface area contributed by atoms with E-state index in [1.54, 1.807) is 63.2 Å². The third kappa shape index (κ3) is 9.70. The van der Waals surface area contributed by atoms with Gasteiger partial charge >= 0.3 is 6.09 Å². The molecule has 3 N–H and O–H groups in total. The molecule has 2 rings (SSSR count). The first kappa shape index (κ1) is 25.0. The molecule has 0 radical (unpaired) electrons. The first-order valence-electron chi connectivity index (χ1n) is 10.1. The standard InChI is InChI=1S/C23H28ClN3O5/c1-23(2,3)32-22(30)25-13-12-20(28)26-14-16-6-4-5-7-19(16)27-21(29)15-31-18-10-8-17(24)9-11-18/h4-11H,12-15H2,1-3H3,(H,25,30)(H,26,28)(H,27,29). The predicted molar refractivity (Wildman–Crippen MR) is 123 cm³/mol. The lowest BCUT2D eigenvalue weighted by Gasteiger charge is -2.19. The van der Waals surface area contributed by atoms with Crippen molar-refractivity contribution in [3.05, 3.63) is 59.1 Å². The molecular formula is C23H28ClN3O5. The van der Waals surface area contributed by atoms with Crippen LogP contribution < -0.4 is 20.7 Å². The number of hydrogen-bond donors (Lipinski definition) is 3. The van der Waals surface area contributed by atoms with Crippen LogP contribution in [-0.2, 0) is 20.9 Å². The van der Waals surface area contributed by atoms with Crippen LogP contribution in [0, 0.1) is 0 Å². The lowest BCUT2D eigenvalue weighted by Crippen LogP contribution is -2.35. The fraction of sp³-hybridized carbons (Fsp3) is 0.348. The Kier molecular flexibility index (Phi) is 9.34. The van der Waals surface area contributed by atoms with E-state index in [-0.39, 0.29) is 37.9 Å². The number of benzene rings is 2. The van der Waals surface area contributed by atoms with Crippen molar-refractivity contribution in [2.24, 2.45) is 0 Å². The minimum absolute atomic E-state index is 0.0999. The molecule has 2 aromatic rings. The Bertz CT molecular complexity index is 926. The molecule has 0 fully saturated rings. The summed E-state index contributed by atoms with van der Waals surface area (Å²) in [5.41, 5.74) is 0.713. The van der Waals surface area contributed by atoms with Crippen molar-refractivity contribution in [1.82, 2.24) is 10.6 Å². The highest BCUT2D eigenvalue weighted by molar-refractivity contribution is 6.30. The zero-order valence-corrected chi connectivity index (χ0v) is 19.1. The first-order chi connectivity index (χ1) is 15.1. The first-order valence-corrected chi connectivity index (χ1v) is 10.5. The smallest absolute Gasteiger partial charge is 0.407 e. The molecule has 32 heavy (non-hydrogen) atoms. The molecule has 0 saturated carbocycles. The molecule has 0 unspecified atom stereocenters. The Morgan fingerprint density at radius 3 is 2.31 bits per heavy atom. The highest BCUT2D eigenvalue weighted by atomic mass is 35.5. The van der Waals surface area contributed by atoms with Crippen LogP contribution in [0.4, 0.5) is 10.5 Å². The van der Waals surface area contributed by atoms with Gasteiger partial charge in [-0.2, -0.15) is 0 Å². The highest BCUT2D eigenvalue weighted by Crippen LogP contribution is 2.17. The van der Waals surface area contributed by atoms with Gasteiger partial charge in [0.15, 0.2) is 6.61 Å². The molecule has 0 bridgehead atoms. The Morgan fingerprint density at radius 1 is 0.938 bits per heavy atom. The molecule has 172 valence electrons. The van der Waals surface area contributed by atoms with Crippen molar-refractivity contribution in [2.45, 2.75) is 39.3 Å². The lowest BCUT2D eigenvalue weighted by atomic mass is 10.1. The van der Waals surface area contributed by atoms with Crippen molar-refractivity contribution in [3.8, 4) is 5.75 Å². The van der Waals surface area contributed by atoms with Gasteiger partial charge in [-0.25, -0.2) is 4.79 Å². The Balaban J connectivity index is 1.77. The molecule has 0 saturated heterocycles. The van der Waals surface area contributed by atoms with E-state index in [1.807, 2.05) is 6.07 Å². The zero-order chi connectivity index (χ0) is 23.6. The number of carbonyl (C=O) groups is 3. The molecule has 0 spiro atoms. The molecule has 0 atom stereocenters. The second-order valence-electron chi connectivity index (χ2n) is 7.90. The van der Waals surface area contributed by atoms with Crippen LogP contribution in [0.5, 0.6) is 5.75 Å². The number of rotatable bonds is 9. The van der Waals surface area contributed by atoms with E-state index in [9.17, 15) is 14.4 Å². The van der Waals surface area contributed by atoms with E-state index in [1.165, 1.54) is 0 Å². The van der Waals surface area contributed by atoms with Gasteiger partial charge in [-0.3, -0.25) is 9.59 Å². The Hall–Kier alpha value is -3.26. The predicted octanol–water partition coefficient (Wildman–Crippen LogP) is 3.89. The molecule has 0 aliphatic carbocycles. The van der Waals surface area contributed by atoms with Crippen LogP contribution in [0.2, 0.25) is 5.02 Å². The molecule has 0 aromatic heterocycles. The van der Waals surface area contributed by atoms with Gasteiger partial charge in [0.2, 0.25) is 5.91 Å². The molecule has 8 nitrogen and oxygen atoms in total. The van der Waals surface area contributed by atoms with Gasteiger partial charge in [0.05, 0.1) is 0 Å². The van der Waals surface area contributed by atoms with Crippen molar-refractivity contribution < 1.29 is 23.9 Å². The van der Waals surface area contributed by atoms with Crippen molar-refractivity contribution in [3.63, 3.8) is 0 Å². The summed E-state index contributed by atoms with van der Waals surface area (Å²) in [6, 6.07) is 13.8. The molecule has 3 amide bonds. The van der Waals surface area contributed by atoms with Crippen LogP contribution in [0.1, 0.15) is 32.8 Å². The topological polar surface area (TPSA) is 106 Å². The van der Waals surface area contributed by atoms with Crippen LogP contribution in [0.25, 0.3) is 0 Å². The van der Waals surface area contributed by atoms with Gasteiger partial charge in [-0.05, 0) is 56.7 Å². The van der Waals surface area contributed by atoms with Gasteiger partial charge in [-0.1, -0.05) is 29.8 Å². The number of amides is 3. The van der Waals surface area contributed by atoms with Gasteiger partial charge in [0, 0.05) is 30.2 Å². The van der Waals surface area contributed by atoms with Crippen molar-refractivity contribution in [1.29, 1.82) is 0 Å². The highest BCUT2D eigenvalue weighted by Gasteiger charge is 2.16. The third-order valence-electron chi connectivity index (χ3n) is 3.97. The number of alkyl carbamates (subject to hydrolysis) is 1. The summed E-state index contributed by atoms with van der Waals surface area (Å²) in [6.45, 7) is 5.50. The van der Waals surface area contributed by atoms with Crippen LogP contribution in [-0.4, -0.2) is 36.7 Å². The summed E-state index contributed by atoms with van der Waals surface area (Å²) in [4.78, 5) is 35.9. The van der Waals surface area contributed by atoms with Crippen LogP contribution >= 0.6 is 11.6 Å². The van der Waals surface area contributed by atoms with E-state index in [2.05, 4.69) is 16.0 Å². The normalized spacial score (nSPS) is 10.8. The molecule has 0 aliphatic rings. The number of nitrogens with one attached hydrogen (secondary N) is 3. The Labute approximate surface area is 192 Å². The second kappa shape index (κ2) is 12.0. The monoisotopic (exact) mass is 461 g/mol. The lowest BCUT2D eigenvalue weighted by molar-refractivity contribution is -0.121. The van der Waals surface area contributed by atoms with Crippen LogP contribution in [0.15, 0.2) is 48.5 Å². The number of halogens is 1. The summed E-state index contributed by atoms with van der Waals surface area (Å²) in [5, 5.41) is 8.67. The Morgan fingerprint density at radius 2 is 1.62 bits per heavy atom. The number of para-hydroxylation sites is 1. The molecule has 2 aromatic carbocycles. The van der Waals surface area contributed by atoms with Gasteiger partial charge in [-0.15, -0.1) is 0 Å². The summed E-state index contributed by atoms with van der Waals surface area (Å²) in [7, 11) is 0. The van der Waals surface area contributed by atoms with E-state index in [0.29, 0.717) is 16.5 Å². The maximum Gasteiger partial charge on any atom is 0.407 e. The maximum atomic E-state index is 12.2. The SMILES string of the molecule is CC(C)(C)OC(=O)NCCC(=O)NCc1ccccc1NC(=O)COc1ccc(Cl)cc1. The molecule has 9 heteroatoms. The van der Waals surface area contributed by atoms with Gasteiger partial charge in [0.1, 0.15) is 11.4 Å². The number of anilines is 1. The summed E-state index contributed by atoms with van der Waals surface area (Å²) < 4.78 is 10.6. The average Bonchev–Trinajstić information content (AvgIpc) is 2.71. The largest absolute Gasteiger partial charge is 0.484 e. The minimum Gasteiger partial charge on any atom is -0.484 e. The molecule has 0 heterocycles. The van der Waals surface area contributed by atoms with E-state index in [0.717, 1.165) is 5.56 Å². The summed E-state index contributed by atoms with van der Waals surface area (Å²) >= 11 is 5.83. The molecule has 0 aliphatic heterocycles. The van der Waals surface area contributed by atoms with E-state index < -0.39 is 11.7 Å². The zero-order valence-electron chi connectivity index (χ0n) is 18.4.